The second-order valence-corrected chi connectivity index (χ2v) is 5.87. The van der Waals surface area contributed by atoms with Crippen LogP contribution >= 0.6 is 0 Å². The molecule has 1 saturated carbocycles. The Bertz CT molecular complexity index is 453. The van der Waals surface area contributed by atoms with E-state index in [0.29, 0.717) is 25.2 Å². The van der Waals surface area contributed by atoms with E-state index in [1.165, 1.54) is 18.4 Å². The van der Waals surface area contributed by atoms with Gasteiger partial charge in [-0.05, 0) is 32.3 Å². The van der Waals surface area contributed by atoms with Crippen molar-refractivity contribution in [2.75, 3.05) is 26.4 Å². The molecule has 116 valence electrons. The molecule has 4 heteroatoms. The van der Waals surface area contributed by atoms with Crippen molar-refractivity contribution in [1.82, 2.24) is 5.32 Å². The standard InChI is InChI=1S/C17H25NO3/c1-2-20-16-5-3-4-14(10-18-15-6-7-15)17(16)21-12-13-8-9-19-11-13/h3-5,13,15,18H,2,6-12H2,1H3. The number of rotatable bonds is 8. The lowest BCUT2D eigenvalue weighted by Crippen LogP contribution is -2.18. The average Bonchev–Trinajstić information content (AvgIpc) is 3.18. The van der Waals surface area contributed by atoms with Crippen LogP contribution in [0.3, 0.4) is 0 Å². The van der Waals surface area contributed by atoms with Gasteiger partial charge in [0, 0.05) is 30.7 Å². The van der Waals surface area contributed by atoms with E-state index < -0.39 is 0 Å². The highest BCUT2D eigenvalue weighted by atomic mass is 16.5. The number of hydrogen-bond donors (Lipinski definition) is 1. The molecule has 1 aliphatic carbocycles. The lowest BCUT2D eigenvalue weighted by molar-refractivity contribution is 0.164. The van der Waals surface area contributed by atoms with Crippen molar-refractivity contribution in [3.8, 4) is 11.5 Å². The van der Waals surface area contributed by atoms with Gasteiger partial charge in [0.1, 0.15) is 0 Å². The van der Waals surface area contributed by atoms with Crippen LogP contribution in [-0.4, -0.2) is 32.5 Å². The minimum absolute atomic E-state index is 0.504. The van der Waals surface area contributed by atoms with E-state index in [9.17, 15) is 0 Å². The van der Waals surface area contributed by atoms with Gasteiger partial charge in [-0.1, -0.05) is 12.1 Å². The molecular weight excluding hydrogens is 266 g/mol. The van der Waals surface area contributed by atoms with Crippen molar-refractivity contribution < 1.29 is 14.2 Å². The fraction of sp³-hybridized carbons (Fsp3) is 0.647. The van der Waals surface area contributed by atoms with Gasteiger partial charge in [0.2, 0.25) is 0 Å². The smallest absolute Gasteiger partial charge is 0.165 e. The van der Waals surface area contributed by atoms with Crippen molar-refractivity contribution >= 4 is 0 Å². The molecular formula is C17H25NO3. The van der Waals surface area contributed by atoms with E-state index in [1.54, 1.807) is 0 Å². The molecule has 2 aliphatic rings. The Morgan fingerprint density at radius 3 is 2.86 bits per heavy atom. The van der Waals surface area contributed by atoms with E-state index in [4.69, 9.17) is 14.2 Å². The van der Waals surface area contributed by atoms with Gasteiger partial charge in [0.05, 0.1) is 19.8 Å². The molecule has 21 heavy (non-hydrogen) atoms. The van der Waals surface area contributed by atoms with E-state index in [2.05, 4.69) is 11.4 Å². The number of ether oxygens (including phenoxy) is 3. The Kier molecular flexibility index (Phi) is 4.99. The molecule has 0 bridgehead atoms. The number of benzene rings is 1. The highest BCUT2D eigenvalue weighted by Crippen LogP contribution is 2.33. The van der Waals surface area contributed by atoms with Crippen molar-refractivity contribution in [2.24, 2.45) is 5.92 Å². The second kappa shape index (κ2) is 7.14. The Labute approximate surface area is 126 Å². The van der Waals surface area contributed by atoms with Crippen molar-refractivity contribution in [3.63, 3.8) is 0 Å². The summed E-state index contributed by atoms with van der Waals surface area (Å²) in [7, 11) is 0. The zero-order valence-corrected chi connectivity index (χ0v) is 12.8. The Morgan fingerprint density at radius 2 is 2.14 bits per heavy atom. The molecule has 1 unspecified atom stereocenters. The predicted molar refractivity (Wildman–Crippen MR) is 81.9 cm³/mol. The van der Waals surface area contributed by atoms with E-state index in [-0.39, 0.29) is 0 Å². The molecule has 1 aromatic carbocycles. The summed E-state index contributed by atoms with van der Waals surface area (Å²) in [5, 5.41) is 3.55. The zero-order chi connectivity index (χ0) is 14.5. The zero-order valence-electron chi connectivity index (χ0n) is 12.8. The summed E-state index contributed by atoms with van der Waals surface area (Å²) in [6, 6.07) is 6.85. The summed E-state index contributed by atoms with van der Waals surface area (Å²) in [6.45, 7) is 5.89. The SMILES string of the molecule is CCOc1cccc(CNC2CC2)c1OCC1CCOC1. The molecule has 1 N–H and O–H groups in total. The molecule has 0 radical (unpaired) electrons. The van der Waals surface area contributed by atoms with Crippen molar-refractivity contribution in [1.29, 1.82) is 0 Å². The van der Waals surface area contributed by atoms with Crippen LogP contribution in [0.1, 0.15) is 31.7 Å². The molecule has 3 rings (SSSR count). The summed E-state index contributed by atoms with van der Waals surface area (Å²) < 4.78 is 17.3. The van der Waals surface area contributed by atoms with Crippen LogP contribution in [-0.2, 0) is 11.3 Å². The summed E-state index contributed by atoms with van der Waals surface area (Å²) in [6.07, 6.45) is 3.67. The Balaban J connectivity index is 1.68. The largest absolute Gasteiger partial charge is 0.490 e. The lowest BCUT2D eigenvalue weighted by atomic mass is 10.1. The molecule has 1 heterocycles. The van der Waals surface area contributed by atoms with Crippen LogP contribution in [0.5, 0.6) is 11.5 Å². The van der Waals surface area contributed by atoms with Crippen LogP contribution < -0.4 is 14.8 Å². The number of para-hydroxylation sites is 1. The number of hydrogen-bond acceptors (Lipinski definition) is 4. The molecule has 4 nitrogen and oxygen atoms in total. The predicted octanol–water partition coefficient (Wildman–Crippen LogP) is 2.75. The molecule has 1 atom stereocenters. The molecule has 2 fully saturated rings. The van der Waals surface area contributed by atoms with Crippen LogP contribution in [0.25, 0.3) is 0 Å². The van der Waals surface area contributed by atoms with Gasteiger partial charge in [0.25, 0.3) is 0 Å². The monoisotopic (exact) mass is 291 g/mol. The first kappa shape index (κ1) is 14.7. The highest BCUT2D eigenvalue weighted by Gasteiger charge is 2.22. The van der Waals surface area contributed by atoms with Crippen LogP contribution in [0.4, 0.5) is 0 Å². The topological polar surface area (TPSA) is 39.7 Å². The molecule has 1 aliphatic heterocycles. The summed E-state index contributed by atoms with van der Waals surface area (Å²) in [5.74, 6) is 2.26. The minimum Gasteiger partial charge on any atom is -0.490 e. The van der Waals surface area contributed by atoms with Crippen molar-refractivity contribution in [2.45, 2.75) is 38.8 Å². The lowest BCUT2D eigenvalue weighted by Gasteiger charge is -2.18. The fourth-order valence-corrected chi connectivity index (χ4v) is 2.59. The first-order valence-corrected chi connectivity index (χ1v) is 8.05. The normalized spacial score (nSPS) is 21.5. The van der Waals surface area contributed by atoms with Gasteiger partial charge < -0.3 is 19.5 Å². The quantitative estimate of drug-likeness (QED) is 0.799. The Hall–Kier alpha value is -1.26. The third kappa shape index (κ3) is 4.11. The molecule has 0 spiro atoms. The summed E-state index contributed by atoms with van der Waals surface area (Å²) >= 11 is 0. The molecule has 1 aromatic rings. The van der Waals surface area contributed by atoms with Gasteiger partial charge in [-0.3, -0.25) is 0 Å². The molecule has 0 aromatic heterocycles. The van der Waals surface area contributed by atoms with Gasteiger partial charge in [-0.25, -0.2) is 0 Å². The van der Waals surface area contributed by atoms with Gasteiger partial charge in [-0.15, -0.1) is 0 Å². The first-order valence-electron chi connectivity index (χ1n) is 8.05. The van der Waals surface area contributed by atoms with Crippen LogP contribution in [0.15, 0.2) is 18.2 Å². The van der Waals surface area contributed by atoms with Gasteiger partial charge in [-0.2, -0.15) is 0 Å². The number of nitrogens with one attached hydrogen (secondary N) is 1. The third-order valence-corrected chi connectivity index (χ3v) is 4.01. The highest BCUT2D eigenvalue weighted by molar-refractivity contribution is 5.46. The van der Waals surface area contributed by atoms with Crippen molar-refractivity contribution in [3.05, 3.63) is 23.8 Å². The summed E-state index contributed by atoms with van der Waals surface area (Å²) in [5.41, 5.74) is 1.19. The Morgan fingerprint density at radius 1 is 1.24 bits per heavy atom. The van der Waals surface area contributed by atoms with E-state index in [0.717, 1.165) is 37.7 Å². The van der Waals surface area contributed by atoms with Crippen LogP contribution in [0, 0.1) is 5.92 Å². The molecule has 0 amide bonds. The average molecular weight is 291 g/mol. The molecule has 1 saturated heterocycles. The third-order valence-electron chi connectivity index (χ3n) is 4.01. The summed E-state index contributed by atoms with van der Waals surface area (Å²) in [4.78, 5) is 0. The minimum atomic E-state index is 0.504. The van der Waals surface area contributed by atoms with E-state index in [1.807, 2.05) is 19.1 Å². The maximum absolute atomic E-state index is 6.11. The maximum Gasteiger partial charge on any atom is 0.165 e. The van der Waals surface area contributed by atoms with Crippen LogP contribution in [0.2, 0.25) is 0 Å². The fourth-order valence-electron chi connectivity index (χ4n) is 2.59. The van der Waals surface area contributed by atoms with E-state index >= 15 is 0 Å². The second-order valence-electron chi connectivity index (χ2n) is 5.87. The maximum atomic E-state index is 6.11. The van der Waals surface area contributed by atoms with Gasteiger partial charge in [0.15, 0.2) is 11.5 Å². The first-order chi connectivity index (χ1) is 10.4. The van der Waals surface area contributed by atoms with Gasteiger partial charge >= 0.3 is 0 Å².